The second-order valence-electron chi connectivity index (χ2n) is 10.1. The summed E-state index contributed by atoms with van der Waals surface area (Å²) < 4.78 is 6.30. The van der Waals surface area contributed by atoms with Crippen LogP contribution >= 0.6 is 0 Å². The van der Waals surface area contributed by atoms with Gasteiger partial charge in [0.05, 0.1) is 17.9 Å². The molecule has 4 rings (SSSR count). The number of carboxylic acid groups (broad SMARTS) is 1. The van der Waals surface area contributed by atoms with Crippen LogP contribution in [0, 0.1) is 11.8 Å². The molecule has 3 heterocycles. The van der Waals surface area contributed by atoms with Gasteiger partial charge in [0, 0.05) is 44.2 Å². The second kappa shape index (κ2) is 11.2. The molecule has 1 aromatic carbocycles. The van der Waals surface area contributed by atoms with Gasteiger partial charge in [-0.2, -0.15) is 0 Å². The number of hydrogen-bond acceptors (Lipinski definition) is 6. The number of carbonyl (C=O) groups excluding carboxylic acids is 2. The Hall–Kier alpha value is -2.91. The molecule has 3 aliphatic heterocycles. The van der Waals surface area contributed by atoms with Gasteiger partial charge in [-0.1, -0.05) is 6.08 Å². The largest absolute Gasteiger partial charge is 0.481 e. The molecule has 3 fully saturated rings. The molecular weight excluding hydrogens is 474 g/mol. The third-order valence-corrected chi connectivity index (χ3v) is 8.24. The number of unbranched alkanes of at least 4 members (excludes halogenated alkanes) is 2. The number of fused-ring (bicyclic) bond motifs is 1. The van der Waals surface area contributed by atoms with Crippen LogP contribution in [-0.2, 0) is 19.1 Å². The first-order chi connectivity index (χ1) is 17.8. The van der Waals surface area contributed by atoms with Gasteiger partial charge in [0.25, 0.3) is 5.91 Å². The van der Waals surface area contributed by atoms with E-state index >= 15 is 0 Å². The molecule has 0 saturated carbocycles. The van der Waals surface area contributed by atoms with Gasteiger partial charge in [-0.15, -0.1) is 6.58 Å². The number of hydrogen-bond donors (Lipinski definition) is 2. The van der Waals surface area contributed by atoms with Crippen molar-refractivity contribution in [3.05, 3.63) is 36.9 Å². The number of anilines is 2. The maximum absolute atomic E-state index is 14.3. The van der Waals surface area contributed by atoms with E-state index in [1.807, 2.05) is 24.3 Å². The summed E-state index contributed by atoms with van der Waals surface area (Å²) >= 11 is 0. The maximum atomic E-state index is 14.3. The monoisotopic (exact) mass is 513 g/mol. The van der Waals surface area contributed by atoms with Gasteiger partial charge >= 0.3 is 5.97 Å². The van der Waals surface area contributed by atoms with Gasteiger partial charge < -0.3 is 29.6 Å². The molecular formula is C28H39N3O6. The van der Waals surface area contributed by atoms with Crippen molar-refractivity contribution in [3.63, 3.8) is 0 Å². The highest BCUT2D eigenvalue weighted by molar-refractivity contribution is 6.04. The van der Waals surface area contributed by atoms with Crippen LogP contribution in [0.25, 0.3) is 0 Å². The number of carbonyl (C=O) groups is 3. The first-order valence-corrected chi connectivity index (χ1v) is 13.4. The summed E-state index contributed by atoms with van der Waals surface area (Å²) in [5.41, 5.74) is 0.608. The van der Waals surface area contributed by atoms with E-state index in [0.717, 1.165) is 18.8 Å². The number of aliphatic hydroxyl groups is 1. The summed E-state index contributed by atoms with van der Waals surface area (Å²) in [7, 11) is 0. The van der Waals surface area contributed by atoms with E-state index in [1.54, 1.807) is 15.9 Å². The Kier molecular flexibility index (Phi) is 8.23. The van der Waals surface area contributed by atoms with Crippen LogP contribution in [0.15, 0.2) is 36.9 Å². The summed E-state index contributed by atoms with van der Waals surface area (Å²) in [4.78, 5) is 45.6. The number of nitrogens with zero attached hydrogens (tertiary/aromatic N) is 3. The van der Waals surface area contributed by atoms with Crippen LogP contribution in [0.1, 0.15) is 46.0 Å². The van der Waals surface area contributed by atoms with Crippen LogP contribution in [0.4, 0.5) is 11.4 Å². The van der Waals surface area contributed by atoms with Crippen molar-refractivity contribution in [2.24, 2.45) is 11.8 Å². The molecule has 37 heavy (non-hydrogen) atoms. The predicted molar refractivity (Wildman–Crippen MR) is 140 cm³/mol. The smallest absolute Gasteiger partial charge is 0.310 e. The fraction of sp³-hybridized carbons (Fsp3) is 0.607. The average molecular weight is 514 g/mol. The Balaban J connectivity index is 1.69. The van der Waals surface area contributed by atoms with Crippen molar-refractivity contribution in [1.29, 1.82) is 0 Å². The van der Waals surface area contributed by atoms with E-state index in [0.29, 0.717) is 44.3 Å². The molecule has 2 N–H and O–H groups in total. The minimum Gasteiger partial charge on any atom is -0.481 e. The van der Waals surface area contributed by atoms with Gasteiger partial charge in [0.15, 0.2) is 0 Å². The minimum atomic E-state index is -1.14. The summed E-state index contributed by atoms with van der Waals surface area (Å²) in [5.74, 6) is -3.45. The van der Waals surface area contributed by atoms with Crippen LogP contribution < -0.4 is 9.80 Å². The Bertz CT molecular complexity index is 1010. The van der Waals surface area contributed by atoms with Crippen molar-refractivity contribution >= 4 is 29.2 Å². The highest BCUT2D eigenvalue weighted by Crippen LogP contribution is 2.58. The molecule has 0 unspecified atom stereocenters. The summed E-state index contributed by atoms with van der Waals surface area (Å²) in [6.45, 7) is 10.4. The van der Waals surface area contributed by atoms with Gasteiger partial charge in [0.1, 0.15) is 11.6 Å². The summed E-state index contributed by atoms with van der Waals surface area (Å²) in [5, 5.41) is 19.1. The zero-order chi connectivity index (χ0) is 26.7. The summed E-state index contributed by atoms with van der Waals surface area (Å²) in [6, 6.07) is 6.87. The Morgan fingerprint density at radius 3 is 2.43 bits per heavy atom. The lowest BCUT2D eigenvalue weighted by molar-refractivity contribution is -0.149. The van der Waals surface area contributed by atoms with Crippen molar-refractivity contribution < 1.29 is 29.3 Å². The number of ether oxygens (including phenoxy) is 1. The number of aliphatic carboxylic acids is 1. The van der Waals surface area contributed by atoms with Crippen LogP contribution in [-0.4, -0.2) is 83.4 Å². The van der Waals surface area contributed by atoms with Gasteiger partial charge in [-0.3, -0.25) is 14.4 Å². The molecule has 5 atom stereocenters. The molecule has 9 nitrogen and oxygen atoms in total. The number of likely N-dealkylation sites (tertiary alicyclic amines) is 1. The minimum absolute atomic E-state index is 0.0609. The molecule has 0 radical (unpaired) electrons. The first kappa shape index (κ1) is 27.1. The molecule has 3 aliphatic rings. The SMILES string of the molecule is C=CCN(C(=O)[C@@H]1N(CCCCCO)C(=O)[C@H]2[C@H](C(=O)O)[C@@H]3CC[C@]12O3)c1ccc(N(CC)CC)cc1. The standard InChI is InChI=1S/C28H39N3O6/c1-4-16-30(20-12-10-19(11-13-20)29(5-2)6-3)26(34)24-28-15-14-21(37-28)22(27(35)36)23(28)25(33)31(24)17-8-7-9-18-32/h4,10-13,21-24,32H,1,5-9,14-18H2,2-3H3,(H,35,36)/t21-,22+,23+,24-,28+/m0/s1. The zero-order valence-corrected chi connectivity index (χ0v) is 21.8. The molecule has 2 bridgehead atoms. The fourth-order valence-corrected chi connectivity index (χ4v) is 6.56. The lowest BCUT2D eigenvalue weighted by Gasteiger charge is -2.37. The number of carboxylic acids is 1. The normalized spacial score (nSPS) is 27.9. The van der Waals surface area contributed by atoms with Crippen LogP contribution in [0.3, 0.4) is 0 Å². The molecule has 3 saturated heterocycles. The number of benzene rings is 1. The average Bonchev–Trinajstić information content (AvgIpc) is 3.53. The fourth-order valence-electron chi connectivity index (χ4n) is 6.56. The van der Waals surface area contributed by atoms with E-state index in [4.69, 9.17) is 9.84 Å². The van der Waals surface area contributed by atoms with Crippen molar-refractivity contribution in [2.45, 2.75) is 63.7 Å². The molecule has 2 amide bonds. The maximum Gasteiger partial charge on any atom is 0.310 e. The summed E-state index contributed by atoms with van der Waals surface area (Å²) in [6.07, 6.45) is 4.01. The van der Waals surface area contributed by atoms with E-state index in [2.05, 4.69) is 25.3 Å². The number of rotatable bonds is 13. The zero-order valence-electron chi connectivity index (χ0n) is 21.8. The lowest BCUT2D eigenvalue weighted by atomic mass is 9.70. The van der Waals surface area contributed by atoms with E-state index in [1.165, 1.54) is 0 Å². The Labute approximate surface area is 218 Å². The number of aliphatic hydroxyl groups excluding tert-OH is 1. The third kappa shape index (κ3) is 4.63. The highest BCUT2D eigenvalue weighted by Gasteiger charge is 2.74. The van der Waals surface area contributed by atoms with Crippen molar-refractivity contribution in [3.8, 4) is 0 Å². The van der Waals surface area contributed by atoms with Gasteiger partial charge in [-0.25, -0.2) is 0 Å². The van der Waals surface area contributed by atoms with Crippen molar-refractivity contribution in [1.82, 2.24) is 4.90 Å². The van der Waals surface area contributed by atoms with Crippen LogP contribution in [0.5, 0.6) is 0 Å². The molecule has 1 spiro atoms. The molecule has 0 aliphatic carbocycles. The molecule has 9 heteroatoms. The predicted octanol–water partition coefficient (Wildman–Crippen LogP) is 2.67. The number of amides is 2. The van der Waals surface area contributed by atoms with E-state index in [9.17, 15) is 19.5 Å². The third-order valence-electron chi connectivity index (χ3n) is 8.24. The van der Waals surface area contributed by atoms with E-state index < -0.39 is 35.6 Å². The Morgan fingerprint density at radius 1 is 1.16 bits per heavy atom. The van der Waals surface area contributed by atoms with Crippen LogP contribution in [0.2, 0.25) is 0 Å². The van der Waals surface area contributed by atoms with Gasteiger partial charge in [0.2, 0.25) is 5.91 Å². The quantitative estimate of drug-likeness (QED) is 0.308. The molecule has 1 aromatic rings. The second-order valence-corrected chi connectivity index (χ2v) is 10.1. The van der Waals surface area contributed by atoms with Crippen molar-refractivity contribution in [2.75, 3.05) is 42.6 Å². The van der Waals surface area contributed by atoms with Gasteiger partial charge in [-0.05, 0) is 70.2 Å². The highest BCUT2D eigenvalue weighted by atomic mass is 16.5. The topological polar surface area (TPSA) is 111 Å². The molecule has 202 valence electrons. The Morgan fingerprint density at radius 2 is 1.84 bits per heavy atom. The molecule has 0 aromatic heterocycles. The first-order valence-electron chi connectivity index (χ1n) is 13.4. The van der Waals surface area contributed by atoms with E-state index in [-0.39, 0.29) is 25.0 Å². The lowest BCUT2D eigenvalue weighted by Crippen LogP contribution is -2.56.